The summed E-state index contributed by atoms with van der Waals surface area (Å²) in [5.74, 6) is 0.150. The predicted octanol–water partition coefficient (Wildman–Crippen LogP) is 3.67. The average molecular weight is 338 g/mol. The molecule has 1 heterocycles. The van der Waals surface area contributed by atoms with Gasteiger partial charge in [0.05, 0.1) is 7.11 Å². The Bertz CT molecular complexity index is 588. The van der Waals surface area contributed by atoms with Crippen LogP contribution in [0.2, 0.25) is 0 Å². The van der Waals surface area contributed by atoms with Crippen molar-refractivity contribution in [2.24, 2.45) is 0 Å². The lowest BCUT2D eigenvalue weighted by molar-refractivity contribution is 0.0193. The van der Waals surface area contributed by atoms with E-state index in [9.17, 15) is 9.18 Å². The zero-order valence-corrected chi connectivity index (χ0v) is 15.3. The second-order valence-corrected chi connectivity index (χ2v) is 7.34. The van der Waals surface area contributed by atoms with Crippen LogP contribution in [0.25, 0.3) is 0 Å². The molecule has 1 amide bonds. The van der Waals surface area contributed by atoms with Crippen LogP contribution in [0.15, 0.2) is 18.2 Å². The van der Waals surface area contributed by atoms with Gasteiger partial charge in [-0.25, -0.2) is 9.18 Å². The van der Waals surface area contributed by atoms with Crippen molar-refractivity contribution in [3.8, 4) is 5.75 Å². The first-order valence-electron chi connectivity index (χ1n) is 8.21. The summed E-state index contributed by atoms with van der Waals surface area (Å²) in [5, 5.41) is 0. The van der Waals surface area contributed by atoms with E-state index in [1.807, 2.05) is 40.7 Å². The quantitative estimate of drug-likeness (QED) is 0.825. The normalized spacial score (nSPS) is 21.6. The molecule has 0 bridgehead atoms. The van der Waals surface area contributed by atoms with Crippen LogP contribution in [0.4, 0.5) is 14.9 Å². The number of amides is 1. The summed E-state index contributed by atoms with van der Waals surface area (Å²) in [5.41, 5.74) is 0.243. The molecule has 24 heavy (non-hydrogen) atoms. The molecule has 0 radical (unpaired) electrons. The molecule has 134 valence electrons. The molecule has 2 unspecified atom stereocenters. The maximum Gasteiger partial charge on any atom is 0.410 e. The second kappa shape index (κ2) is 6.87. The Morgan fingerprint density at radius 2 is 1.75 bits per heavy atom. The molecule has 0 N–H and O–H groups in total. The van der Waals surface area contributed by atoms with Crippen LogP contribution in [-0.4, -0.2) is 48.9 Å². The van der Waals surface area contributed by atoms with Crippen LogP contribution < -0.4 is 9.64 Å². The van der Waals surface area contributed by atoms with Gasteiger partial charge in [-0.3, -0.25) is 0 Å². The van der Waals surface area contributed by atoms with Gasteiger partial charge in [0.1, 0.15) is 17.2 Å². The molecule has 5 nitrogen and oxygen atoms in total. The molecule has 2 atom stereocenters. The van der Waals surface area contributed by atoms with E-state index in [2.05, 4.69) is 4.90 Å². The Balaban J connectivity index is 2.17. The van der Waals surface area contributed by atoms with Crippen molar-refractivity contribution in [2.75, 3.05) is 25.1 Å². The van der Waals surface area contributed by atoms with Crippen molar-refractivity contribution in [3.63, 3.8) is 0 Å². The van der Waals surface area contributed by atoms with Gasteiger partial charge in [0.25, 0.3) is 0 Å². The van der Waals surface area contributed by atoms with Gasteiger partial charge in [0.2, 0.25) is 0 Å². The first-order valence-corrected chi connectivity index (χ1v) is 8.21. The van der Waals surface area contributed by atoms with Crippen LogP contribution in [0.1, 0.15) is 34.6 Å². The summed E-state index contributed by atoms with van der Waals surface area (Å²) in [6.45, 7) is 10.7. The molecule has 0 spiro atoms. The minimum atomic E-state index is -0.517. The Morgan fingerprint density at radius 3 is 2.25 bits per heavy atom. The van der Waals surface area contributed by atoms with Crippen LogP contribution in [-0.2, 0) is 4.74 Å². The van der Waals surface area contributed by atoms with E-state index in [1.54, 1.807) is 4.90 Å². The highest BCUT2D eigenvalue weighted by molar-refractivity contribution is 5.69. The topological polar surface area (TPSA) is 42.0 Å². The third-order valence-electron chi connectivity index (χ3n) is 3.96. The predicted molar refractivity (Wildman–Crippen MR) is 92.2 cm³/mol. The molecule has 1 saturated heterocycles. The van der Waals surface area contributed by atoms with Crippen LogP contribution in [0, 0.1) is 5.82 Å². The number of rotatable bonds is 2. The molecule has 0 aromatic heterocycles. The number of hydrogen-bond acceptors (Lipinski definition) is 4. The van der Waals surface area contributed by atoms with Crippen LogP contribution in [0.3, 0.4) is 0 Å². The highest BCUT2D eigenvalue weighted by Gasteiger charge is 2.34. The van der Waals surface area contributed by atoms with Crippen molar-refractivity contribution >= 4 is 11.8 Å². The fourth-order valence-electron chi connectivity index (χ4n) is 3.12. The molecule has 1 fully saturated rings. The van der Waals surface area contributed by atoms with Gasteiger partial charge in [-0.15, -0.1) is 0 Å². The fourth-order valence-corrected chi connectivity index (χ4v) is 3.12. The van der Waals surface area contributed by atoms with Gasteiger partial charge < -0.3 is 19.3 Å². The van der Waals surface area contributed by atoms with E-state index in [1.165, 1.54) is 19.2 Å². The minimum Gasteiger partial charge on any atom is -0.497 e. The Hall–Kier alpha value is -1.98. The van der Waals surface area contributed by atoms with Crippen molar-refractivity contribution < 1.29 is 18.7 Å². The number of carbonyl (C=O) groups is 1. The molecule has 2 rings (SSSR count). The largest absolute Gasteiger partial charge is 0.497 e. The van der Waals surface area contributed by atoms with E-state index >= 15 is 0 Å². The van der Waals surface area contributed by atoms with E-state index < -0.39 is 5.60 Å². The number of piperazine rings is 1. The lowest BCUT2D eigenvalue weighted by atomic mass is 10.1. The number of carbonyl (C=O) groups excluding carboxylic acids is 1. The molecule has 6 heteroatoms. The fraction of sp³-hybridized carbons (Fsp3) is 0.611. The van der Waals surface area contributed by atoms with Gasteiger partial charge >= 0.3 is 6.09 Å². The van der Waals surface area contributed by atoms with Gasteiger partial charge in [-0.1, -0.05) is 0 Å². The van der Waals surface area contributed by atoms with Crippen molar-refractivity contribution in [1.29, 1.82) is 0 Å². The van der Waals surface area contributed by atoms with Crippen LogP contribution in [0.5, 0.6) is 5.75 Å². The van der Waals surface area contributed by atoms with Gasteiger partial charge in [-0.05, 0) is 40.7 Å². The lowest BCUT2D eigenvalue weighted by Gasteiger charge is -2.45. The summed E-state index contributed by atoms with van der Waals surface area (Å²) in [6, 6.07) is 4.74. The number of ether oxygens (including phenoxy) is 2. The third-order valence-corrected chi connectivity index (χ3v) is 3.96. The number of anilines is 1. The number of benzene rings is 1. The molecule has 1 aromatic carbocycles. The standard InChI is InChI=1S/C18H27FN2O3/c1-12-10-20(17(22)24-18(3,4)5)11-13(2)21(12)15-7-14(19)8-16(9-15)23-6/h7-9,12-13H,10-11H2,1-6H3. The molecule has 1 aliphatic heterocycles. The van der Waals surface area contributed by atoms with E-state index in [-0.39, 0.29) is 24.0 Å². The van der Waals surface area contributed by atoms with E-state index in [4.69, 9.17) is 9.47 Å². The zero-order valence-electron chi connectivity index (χ0n) is 15.3. The highest BCUT2D eigenvalue weighted by Crippen LogP contribution is 2.29. The minimum absolute atomic E-state index is 0.0350. The average Bonchev–Trinajstić information content (AvgIpc) is 2.44. The van der Waals surface area contributed by atoms with E-state index in [0.29, 0.717) is 18.8 Å². The van der Waals surface area contributed by atoms with Gasteiger partial charge in [0.15, 0.2) is 0 Å². The molecular formula is C18H27FN2O3. The molecular weight excluding hydrogens is 311 g/mol. The molecule has 1 aromatic rings. The highest BCUT2D eigenvalue weighted by atomic mass is 19.1. The number of hydrogen-bond donors (Lipinski definition) is 0. The molecule has 0 aliphatic carbocycles. The van der Waals surface area contributed by atoms with E-state index in [0.717, 1.165) is 5.69 Å². The molecule has 1 aliphatic rings. The van der Waals surface area contributed by atoms with Crippen LogP contribution >= 0.6 is 0 Å². The molecule has 0 saturated carbocycles. The summed E-state index contributed by atoms with van der Waals surface area (Å²) in [7, 11) is 1.52. The third kappa shape index (κ3) is 4.30. The van der Waals surface area contributed by atoms with Gasteiger partial charge in [-0.2, -0.15) is 0 Å². The SMILES string of the molecule is COc1cc(F)cc(N2C(C)CN(C(=O)OC(C)(C)C)CC2C)c1. The second-order valence-electron chi connectivity index (χ2n) is 7.34. The van der Waals surface area contributed by atoms with Gasteiger partial charge in [0, 0.05) is 43.0 Å². The first-order chi connectivity index (χ1) is 11.1. The maximum absolute atomic E-state index is 13.8. The Morgan fingerprint density at radius 1 is 1.17 bits per heavy atom. The summed E-state index contributed by atoms with van der Waals surface area (Å²) >= 11 is 0. The smallest absolute Gasteiger partial charge is 0.410 e. The summed E-state index contributed by atoms with van der Waals surface area (Å²) < 4.78 is 24.4. The number of halogens is 1. The monoisotopic (exact) mass is 338 g/mol. The summed E-state index contributed by atoms with van der Waals surface area (Å²) in [4.78, 5) is 16.1. The zero-order chi connectivity index (χ0) is 18.1. The van der Waals surface area contributed by atoms with Crippen molar-refractivity contribution in [1.82, 2.24) is 4.90 Å². The maximum atomic E-state index is 13.8. The van der Waals surface area contributed by atoms with Crippen molar-refractivity contribution in [2.45, 2.75) is 52.3 Å². The lowest BCUT2D eigenvalue weighted by Crippen LogP contribution is -2.58. The number of nitrogens with zero attached hydrogens (tertiary/aromatic N) is 2. The summed E-state index contributed by atoms with van der Waals surface area (Å²) in [6.07, 6.45) is -0.308. The Kier molecular flexibility index (Phi) is 5.26. The first kappa shape index (κ1) is 18.4. The number of methoxy groups -OCH3 is 1. The van der Waals surface area contributed by atoms with Crippen molar-refractivity contribution in [3.05, 3.63) is 24.0 Å². The Labute approximate surface area is 143 Å².